The number of rotatable bonds is 10. The van der Waals surface area contributed by atoms with Gasteiger partial charge in [0.25, 0.3) is 0 Å². The van der Waals surface area contributed by atoms with Crippen molar-refractivity contribution in [3.05, 3.63) is 103 Å². The summed E-state index contributed by atoms with van der Waals surface area (Å²) in [6.07, 6.45) is 4.35. The third-order valence-electron chi connectivity index (χ3n) is 5.55. The van der Waals surface area contributed by atoms with Gasteiger partial charge in [-0.15, -0.1) is 0 Å². The number of ether oxygens (including phenoxy) is 1. The maximum atomic E-state index is 12.4. The smallest absolute Gasteiger partial charge is 0.335 e. The van der Waals surface area contributed by atoms with E-state index in [0.29, 0.717) is 25.3 Å². The molecule has 33 heavy (non-hydrogen) atoms. The van der Waals surface area contributed by atoms with Crippen molar-refractivity contribution in [1.29, 1.82) is 0 Å². The number of hydrogen-bond acceptors (Lipinski definition) is 4. The van der Waals surface area contributed by atoms with Gasteiger partial charge in [-0.2, -0.15) is 0 Å². The predicted octanol–water partition coefficient (Wildman–Crippen LogP) is 5.22. The number of ketones is 1. The minimum absolute atomic E-state index is 0.186. The lowest BCUT2D eigenvalue weighted by Gasteiger charge is -2.11. The van der Waals surface area contributed by atoms with E-state index in [0.717, 1.165) is 34.7 Å². The van der Waals surface area contributed by atoms with E-state index in [-0.39, 0.29) is 5.78 Å². The first-order chi connectivity index (χ1) is 16.1. The van der Waals surface area contributed by atoms with Crippen LogP contribution in [0.3, 0.4) is 0 Å². The van der Waals surface area contributed by atoms with Crippen LogP contribution in [0.15, 0.2) is 91.6 Å². The van der Waals surface area contributed by atoms with E-state index >= 15 is 0 Å². The molecular weight excluding hydrogens is 412 g/mol. The van der Waals surface area contributed by atoms with Crippen LogP contribution >= 0.6 is 0 Å². The van der Waals surface area contributed by atoms with Crippen LogP contribution in [0.25, 0.3) is 22.0 Å². The van der Waals surface area contributed by atoms with Crippen molar-refractivity contribution in [1.82, 2.24) is 10.3 Å². The Hall–Kier alpha value is -3.96. The summed E-state index contributed by atoms with van der Waals surface area (Å²) in [5.41, 5.74) is 5.44. The Balaban J connectivity index is 1.32. The number of esters is 1. The zero-order valence-corrected chi connectivity index (χ0v) is 18.3. The van der Waals surface area contributed by atoms with Crippen molar-refractivity contribution < 1.29 is 14.3 Å². The Labute approximate surface area is 193 Å². The van der Waals surface area contributed by atoms with Crippen LogP contribution in [-0.2, 0) is 22.6 Å². The maximum absolute atomic E-state index is 12.4. The molecule has 5 nitrogen and oxygen atoms in total. The number of fused-ring (bicyclic) bond motifs is 1. The largest absolute Gasteiger partial charge is 0.423 e. The van der Waals surface area contributed by atoms with Gasteiger partial charge >= 0.3 is 5.97 Å². The molecule has 0 radical (unpaired) electrons. The normalized spacial score (nSPS) is 10.8. The van der Waals surface area contributed by atoms with Gasteiger partial charge in [-0.25, -0.2) is 4.79 Å². The number of benzene rings is 3. The molecule has 0 aliphatic carbocycles. The predicted molar refractivity (Wildman–Crippen MR) is 131 cm³/mol. The van der Waals surface area contributed by atoms with Crippen molar-refractivity contribution >= 4 is 22.7 Å². The molecule has 4 aromatic rings. The van der Waals surface area contributed by atoms with Gasteiger partial charge in [-0.05, 0) is 46.9 Å². The minimum Gasteiger partial charge on any atom is -0.423 e. The van der Waals surface area contributed by atoms with Gasteiger partial charge in [-0.3, -0.25) is 4.79 Å². The molecule has 3 aromatic carbocycles. The highest BCUT2D eigenvalue weighted by Crippen LogP contribution is 2.26. The third kappa shape index (κ3) is 5.64. The lowest BCUT2D eigenvalue weighted by Crippen LogP contribution is -2.23. The SMILES string of the molecule is C=CC(=O)Oc1ccc(-c2ccccc2CNCC(=O)CCc2c[nH]c3ccccc23)cc1. The number of Topliss-reactive ketones (excluding diaryl/α,β-unsaturated/α-hetero) is 1. The number of nitrogens with one attached hydrogen (secondary N) is 2. The van der Waals surface area contributed by atoms with E-state index in [2.05, 4.69) is 22.9 Å². The standard InChI is InChI=1S/C28H26N2O3/c1-2-28(32)33-24-15-12-20(13-16-24)25-8-4-3-7-21(25)17-29-19-23(31)14-11-22-18-30-27-10-6-5-9-26(22)27/h2-10,12-13,15-16,18,29-30H,1,11,14,17,19H2. The lowest BCUT2D eigenvalue weighted by atomic mass is 9.99. The van der Waals surface area contributed by atoms with Crippen LogP contribution in [0.5, 0.6) is 5.75 Å². The third-order valence-corrected chi connectivity index (χ3v) is 5.55. The van der Waals surface area contributed by atoms with E-state index in [4.69, 9.17) is 4.74 Å². The topological polar surface area (TPSA) is 71.2 Å². The number of aryl methyl sites for hydroxylation is 1. The van der Waals surface area contributed by atoms with Crippen molar-refractivity contribution in [3.8, 4) is 16.9 Å². The highest BCUT2D eigenvalue weighted by molar-refractivity contribution is 5.85. The summed E-state index contributed by atoms with van der Waals surface area (Å²) in [6, 6.07) is 23.5. The number of para-hydroxylation sites is 1. The molecule has 0 spiro atoms. The Morgan fingerprint density at radius 2 is 1.70 bits per heavy atom. The molecule has 166 valence electrons. The van der Waals surface area contributed by atoms with Gasteiger partial charge in [-0.1, -0.05) is 61.2 Å². The second-order valence-electron chi connectivity index (χ2n) is 7.81. The highest BCUT2D eigenvalue weighted by atomic mass is 16.5. The first kappa shape index (κ1) is 22.2. The van der Waals surface area contributed by atoms with Crippen molar-refractivity contribution in [2.45, 2.75) is 19.4 Å². The molecule has 5 heteroatoms. The van der Waals surface area contributed by atoms with Crippen LogP contribution in [0, 0.1) is 0 Å². The Kier molecular flexibility index (Phi) is 7.12. The number of aromatic nitrogens is 1. The summed E-state index contributed by atoms with van der Waals surface area (Å²) in [5, 5.41) is 4.46. The number of aromatic amines is 1. The summed E-state index contributed by atoms with van der Waals surface area (Å²) in [6.45, 7) is 4.32. The number of hydrogen-bond donors (Lipinski definition) is 2. The molecule has 0 saturated heterocycles. The minimum atomic E-state index is -0.485. The molecule has 1 aromatic heterocycles. The number of carbonyl (C=O) groups excluding carboxylic acids is 2. The average Bonchev–Trinajstić information content (AvgIpc) is 3.27. The summed E-state index contributed by atoms with van der Waals surface area (Å²) < 4.78 is 5.14. The molecule has 1 heterocycles. The zero-order chi connectivity index (χ0) is 23.0. The Bertz CT molecular complexity index is 1270. The molecule has 0 aliphatic rings. The van der Waals surface area contributed by atoms with Crippen LogP contribution < -0.4 is 10.1 Å². The van der Waals surface area contributed by atoms with E-state index in [9.17, 15) is 9.59 Å². The molecule has 0 amide bonds. The summed E-state index contributed by atoms with van der Waals surface area (Å²) in [4.78, 5) is 27.1. The van der Waals surface area contributed by atoms with Gasteiger partial charge in [0.05, 0.1) is 6.54 Å². The fourth-order valence-electron chi connectivity index (χ4n) is 3.85. The molecular formula is C28H26N2O3. The maximum Gasteiger partial charge on any atom is 0.335 e. The van der Waals surface area contributed by atoms with Crippen molar-refractivity contribution in [3.63, 3.8) is 0 Å². The van der Waals surface area contributed by atoms with Crippen LogP contribution in [0.2, 0.25) is 0 Å². The average molecular weight is 439 g/mol. The molecule has 0 bridgehead atoms. The van der Waals surface area contributed by atoms with Crippen LogP contribution in [0.4, 0.5) is 0 Å². The van der Waals surface area contributed by atoms with Gasteiger partial charge in [0.15, 0.2) is 0 Å². The second kappa shape index (κ2) is 10.6. The lowest BCUT2D eigenvalue weighted by molar-refractivity contribution is -0.129. The number of H-pyrrole nitrogens is 1. The van der Waals surface area contributed by atoms with Gasteiger partial charge in [0.2, 0.25) is 0 Å². The van der Waals surface area contributed by atoms with E-state index in [1.165, 1.54) is 10.9 Å². The molecule has 0 saturated carbocycles. The molecule has 0 unspecified atom stereocenters. The molecule has 4 rings (SSSR count). The first-order valence-electron chi connectivity index (χ1n) is 10.9. The summed E-state index contributed by atoms with van der Waals surface area (Å²) in [5.74, 6) is 0.174. The quantitative estimate of drug-likeness (QED) is 0.202. The summed E-state index contributed by atoms with van der Waals surface area (Å²) >= 11 is 0. The van der Waals surface area contributed by atoms with E-state index in [1.54, 1.807) is 12.1 Å². The van der Waals surface area contributed by atoms with Crippen molar-refractivity contribution in [2.75, 3.05) is 6.54 Å². The molecule has 0 aliphatic heterocycles. The molecule has 0 atom stereocenters. The van der Waals surface area contributed by atoms with Gasteiger partial charge in [0.1, 0.15) is 11.5 Å². The Morgan fingerprint density at radius 3 is 2.52 bits per heavy atom. The zero-order valence-electron chi connectivity index (χ0n) is 18.3. The van der Waals surface area contributed by atoms with Crippen molar-refractivity contribution in [2.24, 2.45) is 0 Å². The van der Waals surface area contributed by atoms with E-state index in [1.807, 2.05) is 60.8 Å². The van der Waals surface area contributed by atoms with Crippen LogP contribution in [-0.4, -0.2) is 23.3 Å². The van der Waals surface area contributed by atoms with Gasteiger partial charge in [0, 0.05) is 36.1 Å². The van der Waals surface area contributed by atoms with Gasteiger partial charge < -0.3 is 15.0 Å². The Morgan fingerprint density at radius 1 is 0.939 bits per heavy atom. The summed E-state index contributed by atoms with van der Waals surface area (Å²) in [7, 11) is 0. The van der Waals surface area contributed by atoms with E-state index < -0.39 is 5.97 Å². The van der Waals surface area contributed by atoms with Crippen LogP contribution in [0.1, 0.15) is 17.5 Å². The first-order valence-corrected chi connectivity index (χ1v) is 10.9. The fraction of sp³-hybridized carbons (Fsp3) is 0.143. The second-order valence-corrected chi connectivity index (χ2v) is 7.81. The monoisotopic (exact) mass is 438 g/mol. The number of carbonyl (C=O) groups is 2. The highest BCUT2D eigenvalue weighted by Gasteiger charge is 2.09. The molecule has 2 N–H and O–H groups in total. The fourth-order valence-corrected chi connectivity index (χ4v) is 3.85. The molecule has 0 fully saturated rings.